The molecule has 1 fully saturated rings. The molecule has 1 aliphatic heterocycles. The second kappa shape index (κ2) is 4.84. The minimum absolute atomic E-state index is 0.0898. The molecule has 0 N–H and O–H groups in total. The van der Waals surface area contributed by atoms with Gasteiger partial charge in [-0.25, -0.2) is 0 Å². The Bertz CT molecular complexity index is 283. The zero-order valence-corrected chi connectivity index (χ0v) is 10.3. The van der Waals surface area contributed by atoms with Crippen molar-refractivity contribution in [1.82, 2.24) is 4.90 Å². The Morgan fingerprint density at radius 3 is 2.12 bits per heavy atom. The van der Waals surface area contributed by atoms with Crippen LogP contribution >= 0.6 is 0 Å². The predicted molar refractivity (Wildman–Crippen MR) is 56.4 cm³/mol. The van der Waals surface area contributed by atoms with Crippen molar-refractivity contribution >= 4 is 5.91 Å². The number of rotatable bonds is 2. The normalized spacial score (nSPS) is 22.4. The first-order valence-electron chi connectivity index (χ1n) is 5.56. The van der Waals surface area contributed by atoms with Crippen LogP contribution in [0.2, 0.25) is 0 Å². The number of ether oxygens (including phenoxy) is 1. The van der Waals surface area contributed by atoms with Crippen LogP contribution < -0.4 is 0 Å². The molecule has 1 atom stereocenters. The van der Waals surface area contributed by atoms with Crippen molar-refractivity contribution in [2.24, 2.45) is 5.41 Å². The van der Waals surface area contributed by atoms with Gasteiger partial charge in [0.05, 0.1) is 0 Å². The van der Waals surface area contributed by atoms with Crippen LogP contribution in [0.4, 0.5) is 13.2 Å². The largest absolute Gasteiger partial charge is 0.415 e. The standard InChI is InChI=1S/C11H18F3NO2/c1-8(16)15-6-4-10(2,5-7-15)9(17-3)11(12,13)14/h9H,4-7H2,1-3H3. The Morgan fingerprint density at radius 1 is 1.35 bits per heavy atom. The van der Waals surface area contributed by atoms with Gasteiger partial charge in [-0.05, 0) is 12.8 Å². The van der Waals surface area contributed by atoms with E-state index in [1.165, 1.54) is 6.92 Å². The van der Waals surface area contributed by atoms with Gasteiger partial charge in [-0.15, -0.1) is 0 Å². The lowest BCUT2D eigenvalue weighted by atomic mass is 9.75. The van der Waals surface area contributed by atoms with E-state index in [2.05, 4.69) is 4.74 Å². The summed E-state index contributed by atoms with van der Waals surface area (Å²) < 4.78 is 43.0. The Kier molecular flexibility index (Phi) is 4.06. The second-order valence-electron chi connectivity index (χ2n) is 4.82. The van der Waals surface area contributed by atoms with Gasteiger partial charge >= 0.3 is 6.18 Å². The van der Waals surface area contributed by atoms with Gasteiger partial charge in [0.25, 0.3) is 0 Å². The maximum Gasteiger partial charge on any atom is 0.415 e. The molecule has 1 unspecified atom stereocenters. The number of methoxy groups -OCH3 is 1. The fourth-order valence-electron chi connectivity index (χ4n) is 2.41. The lowest BCUT2D eigenvalue weighted by Gasteiger charge is -2.43. The molecule has 0 aromatic heterocycles. The number of carbonyl (C=O) groups is 1. The number of nitrogens with zero attached hydrogens (tertiary/aromatic N) is 1. The molecule has 1 rings (SSSR count). The maximum atomic E-state index is 12.8. The highest BCUT2D eigenvalue weighted by Gasteiger charge is 2.52. The molecular weight excluding hydrogens is 235 g/mol. The summed E-state index contributed by atoms with van der Waals surface area (Å²) in [5, 5.41) is 0. The molecule has 100 valence electrons. The average molecular weight is 253 g/mol. The fraction of sp³-hybridized carbons (Fsp3) is 0.909. The first kappa shape index (κ1) is 14.3. The predicted octanol–water partition coefficient (Wildman–Crippen LogP) is 2.21. The molecule has 1 saturated heterocycles. The highest BCUT2D eigenvalue weighted by atomic mass is 19.4. The zero-order valence-electron chi connectivity index (χ0n) is 10.3. The minimum Gasteiger partial charge on any atom is -0.371 e. The second-order valence-corrected chi connectivity index (χ2v) is 4.82. The van der Waals surface area contributed by atoms with Crippen LogP contribution in [0, 0.1) is 5.41 Å². The third-order valence-electron chi connectivity index (χ3n) is 3.52. The molecule has 6 heteroatoms. The van der Waals surface area contributed by atoms with E-state index in [-0.39, 0.29) is 5.91 Å². The van der Waals surface area contributed by atoms with Gasteiger partial charge in [-0.3, -0.25) is 4.79 Å². The summed E-state index contributed by atoms with van der Waals surface area (Å²) in [7, 11) is 1.08. The Hall–Kier alpha value is -0.780. The first-order valence-corrected chi connectivity index (χ1v) is 5.56. The van der Waals surface area contributed by atoms with E-state index in [0.29, 0.717) is 25.9 Å². The summed E-state index contributed by atoms with van der Waals surface area (Å²) in [6, 6.07) is 0. The number of halogens is 3. The summed E-state index contributed by atoms with van der Waals surface area (Å²) in [6.45, 7) is 3.73. The van der Waals surface area contributed by atoms with E-state index < -0.39 is 17.7 Å². The number of alkyl halides is 3. The van der Waals surface area contributed by atoms with Crippen molar-refractivity contribution in [3.63, 3.8) is 0 Å². The van der Waals surface area contributed by atoms with Gasteiger partial charge in [0.15, 0.2) is 6.10 Å². The average Bonchev–Trinajstić information content (AvgIpc) is 2.16. The summed E-state index contributed by atoms with van der Waals surface area (Å²) in [4.78, 5) is 12.7. The molecule has 0 saturated carbocycles. The topological polar surface area (TPSA) is 29.5 Å². The molecule has 3 nitrogen and oxygen atoms in total. The van der Waals surface area contributed by atoms with E-state index in [1.807, 2.05) is 0 Å². The van der Waals surface area contributed by atoms with Crippen LogP contribution in [-0.4, -0.2) is 43.3 Å². The summed E-state index contributed by atoms with van der Waals surface area (Å²) in [5.74, 6) is -0.0898. The first-order chi connectivity index (χ1) is 7.70. The number of amides is 1. The molecule has 1 heterocycles. The lowest BCUT2D eigenvalue weighted by Crippen LogP contribution is -2.51. The number of hydrogen-bond acceptors (Lipinski definition) is 2. The summed E-state index contributed by atoms with van der Waals surface area (Å²) in [5.41, 5.74) is -0.945. The van der Waals surface area contributed by atoms with Crippen LogP contribution in [-0.2, 0) is 9.53 Å². The Labute approximate surface area is 98.9 Å². The smallest absolute Gasteiger partial charge is 0.371 e. The number of likely N-dealkylation sites (tertiary alicyclic amines) is 1. The van der Waals surface area contributed by atoms with Crippen molar-refractivity contribution < 1.29 is 22.7 Å². The third kappa shape index (κ3) is 3.12. The molecule has 1 aliphatic rings. The Morgan fingerprint density at radius 2 is 1.82 bits per heavy atom. The van der Waals surface area contributed by atoms with Crippen LogP contribution in [0.25, 0.3) is 0 Å². The minimum atomic E-state index is -4.36. The van der Waals surface area contributed by atoms with Crippen molar-refractivity contribution in [2.45, 2.75) is 39.0 Å². The lowest BCUT2D eigenvalue weighted by molar-refractivity contribution is -0.251. The summed E-state index contributed by atoms with van der Waals surface area (Å²) >= 11 is 0. The van der Waals surface area contributed by atoms with Crippen molar-refractivity contribution in [1.29, 1.82) is 0 Å². The molecule has 0 aromatic rings. The van der Waals surface area contributed by atoms with Crippen LogP contribution in [0.1, 0.15) is 26.7 Å². The van der Waals surface area contributed by atoms with Crippen LogP contribution in [0.5, 0.6) is 0 Å². The highest BCUT2D eigenvalue weighted by molar-refractivity contribution is 5.73. The van der Waals surface area contributed by atoms with E-state index >= 15 is 0 Å². The quantitative estimate of drug-likeness (QED) is 0.755. The van der Waals surface area contributed by atoms with E-state index in [0.717, 1.165) is 7.11 Å². The molecule has 0 bridgehead atoms. The van der Waals surface area contributed by atoms with E-state index in [1.54, 1.807) is 11.8 Å². The number of hydrogen-bond donors (Lipinski definition) is 0. The molecule has 0 aliphatic carbocycles. The molecule has 0 aromatic carbocycles. The van der Waals surface area contributed by atoms with Crippen LogP contribution in [0.15, 0.2) is 0 Å². The third-order valence-corrected chi connectivity index (χ3v) is 3.52. The van der Waals surface area contributed by atoms with Gasteiger partial charge in [-0.2, -0.15) is 13.2 Å². The molecule has 1 amide bonds. The van der Waals surface area contributed by atoms with Gasteiger partial charge in [0, 0.05) is 32.5 Å². The monoisotopic (exact) mass is 253 g/mol. The SMILES string of the molecule is COC(C(F)(F)F)C1(C)CCN(C(C)=O)CC1. The van der Waals surface area contributed by atoms with Gasteiger partial charge in [0.1, 0.15) is 0 Å². The van der Waals surface area contributed by atoms with Crippen molar-refractivity contribution in [3.05, 3.63) is 0 Å². The summed E-state index contributed by atoms with van der Waals surface area (Å²) in [6.07, 6.45) is -5.50. The van der Waals surface area contributed by atoms with Gasteiger partial charge in [-0.1, -0.05) is 6.92 Å². The molecular formula is C11H18F3NO2. The van der Waals surface area contributed by atoms with Crippen LogP contribution in [0.3, 0.4) is 0 Å². The molecule has 17 heavy (non-hydrogen) atoms. The molecule has 0 radical (unpaired) electrons. The fourth-order valence-corrected chi connectivity index (χ4v) is 2.41. The van der Waals surface area contributed by atoms with E-state index in [4.69, 9.17) is 0 Å². The van der Waals surface area contributed by atoms with Crippen molar-refractivity contribution in [2.75, 3.05) is 20.2 Å². The zero-order chi connectivity index (χ0) is 13.3. The van der Waals surface area contributed by atoms with Gasteiger partial charge < -0.3 is 9.64 Å². The van der Waals surface area contributed by atoms with Gasteiger partial charge in [0.2, 0.25) is 5.91 Å². The maximum absolute atomic E-state index is 12.8. The number of piperidine rings is 1. The number of carbonyl (C=O) groups excluding carboxylic acids is 1. The highest BCUT2D eigenvalue weighted by Crippen LogP contribution is 2.43. The van der Waals surface area contributed by atoms with Crippen molar-refractivity contribution in [3.8, 4) is 0 Å². The Balaban J connectivity index is 2.74. The molecule has 0 spiro atoms. The van der Waals surface area contributed by atoms with E-state index in [9.17, 15) is 18.0 Å².